The van der Waals surface area contributed by atoms with Crippen LogP contribution < -0.4 is 10.6 Å². The third-order valence-corrected chi connectivity index (χ3v) is 8.23. The number of allylic oxidation sites excluding steroid dienone is 4. The van der Waals surface area contributed by atoms with Gasteiger partial charge in [-0.05, 0) is 70.5 Å². The molecule has 2 atom stereocenters. The molecule has 3 heterocycles. The second-order valence-corrected chi connectivity index (χ2v) is 10.8. The van der Waals surface area contributed by atoms with E-state index in [1.54, 1.807) is 0 Å². The molecule has 5 aromatic rings. The summed E-state index contributed by atoms with van der Waals surface area (Å²) < 4.78 is 2.18. The Labute approximate surface area is 252 Å². The van der Waals surface area contributed by atoms with Crippen LogP contribution in [0, 0.1) is 5.41 Å². The summed E-state index contributed by atoms with van der Waals surface area (Å²) in [6.07, 6.45) is 16.1. The molecule has 4 aromatic carbocycles. The summed E-state index contributed by atoms with van der Waals surface area (Å²) in [5.41, 5.74) is 10.9. The van der Waals surface area contributed by atoms with Crippen molar-refractivity contribution in [3.8, 4) is 16.8 Å². The van der Waals surface area contributed by atoms with Gasteiger partial charge in [-0.3, -0.25) is 0 Å². The average Bonchev–Trinajstić information content (AvgIpc) is 3.42. The fourth-order valence-electron chi connectivity index (χ4n) is 6.08. The molecule has 7 rings (SSSR count). The van der Waals surface area contributed by atoms with E-state index >= 15 is 0 Å². The van der Waals surface area contributed by atoms with Gasteiger partial charge in [0, 0.05) is 28.5 Å². The molecule has 4 nitrogen and oxygen atoms in total. The van der Waals surface area contributed by atoms with Crippen LogP contribution in [0.5, 0.6) is 0 Å². The maximum absolute atomic E-state index is 8.04. The molecular weight excluding hydrogens is 524 g/mol. The second kappa shape index (κ2) is 11.3. The Bertz CT molecular complexity index is 1930. The third kappa shape index (κ3) is 4.93. The maximum atomic E-state index is 8.04. The number of rotatable bonds is 7. The third-order valence-electron chi connectivity index (χ3n) is 8.23. The molecule has 0 fully saturated rings. The summed E-state index contributed by atoms with van der Waals surface area (Å²) in [7, 11) is 0. The topological polar surface area (TPSA) is 52.8 Å². The molecule has 208 valence electrons. The number of benzene rings is 4. The minimum absolute atomic E-state index is 0.0700. The van der Waals surface area contributed by atoms with Crippen LogP contribution in [-0.4, -0.2) is 22.9 Å². The molecule has 1 aromatic heterocycles. The highest BCUT2D eigenvalue weighted by Gasteiger charge is 2.23. The second-order valence-electron chi connectivity index (χ2n) is 10.8. The smallest absolute Gasteiger partial charge is 0.0691 e. The molecule has 3 N–H and O–H groups in total. The first-order chi connectivity index (χ1) is 21.2. The molecule has 43 heavy (non-hydrogen) atoms. The SMILES string of the molecule is C=Cc1c(C=N)c2ccccc2n1-c1ccc(C2=CC(c3ccc(-c4ccccc4)cc3)=CC(C3C=CC=CN3)N2)cc1. The molecule has 0 radical (unpaired) electrons. The Morgan fingerprint density at radius 1 is 0.721 bits per heavy atom. The van der Waals surface area contributed by atoms with Crippen molar-refractivity contribution < 1.29 is 0 Å². The lowest BCUT2D eigenvalue weighted by Crippen LogP contribution is -2.45. The lowest BCUT2D eigenvalue weighted by atomic mass is 9.92. The number of dihydropyridines is 2. The first-order valence-corrected chi connectivity index (χ1v) is 14.6. The molecule has 0 saturated heterocycles. The molecule has 0 saturated carbocycles. The van der Waals surface area contributed by atoms with Crippen LogP contribution in [0.1, 0.15) is 22.4 Å². The van der Waals surface area contributed by atoms with Crippen molar-refractivity contribution in [1.29, 1.82) is 5.41 Å². The molecule has 0 bridgehead atoms. The lowest BCUT2D eigenvalue weighted by molar-refractivity contribution is 0.568. The van der Waals surface area contributed by atoms with E-state index in [2.05, 4.69) is 131 Å². The fraction of sp³-hybridized carbons (Fsp3) is 0.0513. The number of para-hydroxylation sites is 1. The van der Waals surface area contributed by atoms with E-state index in [9.17, 15) is 0 Å². The maximum Gasteiger partial charge on any atom is 0.0691 e. The van der Waals surface area contributed by atoms with Gasteiger partial charge in [0.15, 0.2) is 0 Å². The Kier molecular flexibility index (Phi) is 6.94. The normalized spacial score (nSPS) is 17.5. The summed E-state index contributed by atoms with van der Waals surface area (Å²) in [6, 6.07) is 36.4. The largest absolute Gasteiger partial charge is 0.382 e. The van der Waals surface area contributed by atoms with Gasteiger partial charge in [-0.1, -0.05) is 110 Å². The highest BCUT2D eigenvalue weighted by Crippen LogP contribution is 2.32. The summed E-state index contributed by atoms with van der Waals surface area (Å²) in [5.74, 6) is 0. The van der Waals surface area contributed by atoms with Gasteiger partial charge < -0.3 is 20.6 Å². The van der Waals surface area contributed by atoms with Gasteiger partial charge in [0.05, 0.1) is 23.3 Å². The van der Waals surface area contributed by atoms with Crippen molar-refractivity contribution in [2.75, 3.05) is 0 Å². The molecule has 0 amide bonds. The number of nitrogens with one attached hydrogen (secondary N) is 3. The van der Waals surface area contributed by atoms with Gasteiger partial charge in [-0.2, -0.15) is 0 Å². The number of aromatic nitrogens is 1. The number of fused-ring (bicyclic) bond motifs is 1. The lowest BCUT2D eigenvalue weighted by Gasteiger charge is -2.31. The quantitative estimate of drug-likeness (QED) is 0.176. The van der Waals surface area contributed by atoms with Crippen LogP contribution >= 0.6 is 0 Å². The van der Waals surface area contributed by atoms with E-state index in [0.717, 1.165) is 39.1 Å². The number of hydrogen-bond acceptors (Lipinski definition) is 3. The Morgan fingerprint density at radius 3 is 2.14 bits per heavy atom. The number of hydrogen-bond donors (Lipinski definition) is 3. The predicted molar refractivity (Wildman–Crippen MR) is 181 cm³/mol. The van der Waals surface area contributed by atoms with Crippen molar-refractivity contribution in [3.63, 3.8) is 0 Å². The fourth-order valence-corrected chi connectivity index (χ4v) is 6.08. The van der Waals surface area contributed by atoms with E-state index in [4.69, 9.17) is 5.41 Å². The summed E-state index contributed by atoms with van der Waals surface area (Å²) >= 11 is 0. The van der Waals surface area contributed by atoms with Crippen molar-refractivity contribution >= 4 is 34.5 Å². The van der Waals surface area contributed by atoms with E-state index in [0.29, 0.717) is 0 Å². The molecule has 2 aliphatic rings. The molecule has 0 aliphatic carbocycles. The summed E-state index contributed by atoms with van der Waals surface area (Å²) in [4.78, 5) is 0. The van der Waals surface area contributed by atoms with Crippen LogP contribution in [0.15, 0.2) is 146 Å². The highest BCUT2D eigenvalue weighted by atomic mass is 15.0. The first-order valence-electron chi connectivity index (χ1n) is 14.6. The van der Waals surface area contributed by atoms with Gasteiger partial charge in [-0.25, -0.2) is 0 Å². The summed E-state index contributed by atoms with van der Waals surface area (Å²) in [5, 5.41) is 16.4. The highest BCUT2D eigenvalue weighted by molar-refractivity contribution is 6.03. The van der Waals surface area contributed by atoms with Gasteiger partial charge >= 0.3 is 0 Å². The first kappa shape index (κ1) is 26.3. The molecule has 0 spiro atoms. The Hall–Kier alpha value is -5.61. The molecule has 2 unspecified atom stereocenters. The van der Waals surface area contributed by atoms with E-state index in [1.165, 1.54) is 28.5 Å². The van der Waals surface area contributed by atoms with Gasteiger partial charge in [0.2, 0.25) is 0 Å². The zero-order valence-corrected chi connectivity index (χ0v) is 23.7. The standard InChI is InChI=1S/C39H32N4/c1-2-38-34(26-40)33-12-6-7-14-39(33)43(38)32-21-19-30(20-22-32)36-24-31(25-37(42-36)35-13-8-9-23-41-35)29-17-15-28(16-18-29)27-10-4-3-5-11-27/h2-26,35,37,40-42H,1H2. The van der Waals surface area contributed by atoms with Crippen LogP contribution in [0.4, 0.5) is 0 Å². The van der Waals surface area contributed by atoms with Gasteiger partial charge in [-0.15, -0.1) is 0 Å². The summed E-state index contributed by atoms with van der Waals surface area (Å²) in [6.45, 7) is 4.06. The zero-order valence-electron chi connectivity index (χ0n) is 23.7. The Morgan fingerprint density at radius 2 is 1.42 bits per heavy atom. The zero-order chi connectivity index (χ0) is 29.2. The van der Waals surface area contributed by atoms with Crippen LogP contribution in [-0.2, 0) is 0 Å². The van der Waals surface area contributed by atoms with Crippen molar-refractivity contribution in [2.45, 2.75) is 12.1 Å². The van der Waals surface area contributed by atoms with Crippen LogP contribution in [0.25, 0.3) is 45.1 Å². The minimum Gasteiger partial charge on any atom is -0.382 e. The molecule has 4 heteroatoms. The number of nitrogens with zero attached hydrogens (tertiary/aromatic N) is 1. The van der Waals surface area contributed by atoms with Gasteiger partial charge in [0.25, 0.3) is 0 Å². The predicted octanol–water partition coefficient (Wildman–Crippen LogP) is 8.38. The van der Waals surface area contributed by atoms with Crippen molar-refractivity contribution in [1.82, 2.24) is 15.2 Å². The average molecular weight is 557 g/mol. The van der Waals surface area contributed by atoms with Crippen molar-refractivity contribution in [3.05, 3.63) is 169 Å². The van der Waals surface area contributed by atoms with E-state index in [-0.39, 0.29) is 12.1 Å². The van der Waals surface area contributed by atoms with E-state index < -0.39 is 0 Å². The van der Waals surface area contributed by atoms with Crippen LogP contribution in [0.3, 0.4) is 0 Å². The van der Waals surface area contributed by atoms with Crippen LogP contribution in [0.2, 0.25) is 0 Å². The van der Waals surface area contributed by atoms with E-state index in [1.807, 2.05) is 36.6 Å². The Balaban J connectivity index is 1.25. The van der Waals surface area contributed by atoms with Crippen molar-refractivity contribution in [2.24, 2.45) is 0 Å². The molecular formula is C39H32N4. The minimum atomic E-state index is 0.0700. The molecule has 2 aliphatic heterocycles. The monoisotopic (exact) mass is 556 g/mol. The van der Waals surface area contributed by atoms with Gasteiger partial charge in [0.1, 0.15) is 0 Å².